The van der Waals surface area contributed by atoms with Gasteiger partial charge in [0.05, 0.1) is 0 Å². The fraction of sp³-hybridized carbons (Fsp3) is 0.148. The molecule has 160 valence electrons. The highest BCUT2D eigenvalue weighted by Crippen LogP contribution is 2.20. The summed E-state index contributed by atoms with van der Waals surface area (Å²) in [5, 5.41) is 6.23. The lowest BCUT2D eigenvalue weighted by Gasteiger charge is -2.09. The Morgan fingerprint density at radius 1 is 0.844 bits per heavy atom. The zero-order chi connectivity index (χ0) is 22.2. The van der Waals surface area contributed by atoms with Gasteiger partial charge in [-0.25, -0.2) is 9.97 Å². The van der Waals surface area contributed by atoms with Crippen molar-refractivity contribution in [1.29, 1.82) is 0 Å². The summed E-state index contributed by atoms with van der Waals surface area (Å²) in [6, 6.07) is 27.1. The zero-order valence-electron chi connectivity index (χ0n) is 18.1. The van der Waals surface area contributed by atoms with E-state index in [-0.39, 0.29) is 5.91 Å². The second kappa shape index (κ2) is 10.4. The molecule has 0 aliphatic heterocycles. The number of hydrogen-bond acceptors (Lipinski definition) is 4. The second-order valence-electron chi connectivity index (χ2n) is 7.59. The summed E-state index contributed by atoms with van der Waals surface area (Å²) in [6.07, 6.45) is 5.15. The number of rotatable bonds is 8. The minimum Gasteiger partial charge on any atom is -0.340 e. The van der Waals surface area contributed by atoms with E-state index in [1.54, 1.807) is 18.3 Å². The number of aryl methyl sites for hydroxylation is 1. The number of benzene rings is 3. The molecule has 0 bridgehead atoms. The smallest absolute Gasteiger partial charge is 0.255 e. The Kier molecular flexibility index (Phi) is 6.88. The van der Waals surface area contributed by atoms with Gasteiger partial charge in [-0.15, -0.1) is 0 Å². The van der Waals surface area contributed by atoms with Gasteiger partial charge in [0.1, 0.15) is 5.82 Å². The SMILES string of the molecule is CCCCc1ccc(NC(=O)c2ccc(Nc3ccnc(-c4ccccc4)n3)cc2)cc1. The van der Waals surface area contributed by atoms with Crippen LogP contribution in [0.2, 0.25) is 0 Å². The normalized spacial score (nSPS) is 10.5. The summed E-state index contributed by atoms with van der Waals surface area (Å²) < 4.78 is 0. The van der Waals surface area contributed by atoms with Crippen LogP contribution in [0, 0.1) is 0 Å². The van der Waals surface area contributed by atoms with Crippen molar-refractivity contribution in [2.45, 2.75) is 26.2 Å². The maximum atomic E-state index is 12.6. The fourth-order valence-electron chi connectivity index (χ4n) is 3.35. The van der Waals surface area contributed by atoms with E-state index in [1.807, 2.05) is 60.7 Å². The molecular formula is C27H26N4O. The third-order valence-electron chi connectivity index (χ3n) is 5.14. The first-order valence-electron chi connectivity index (χ1n) is 10.9. The first kappa shape index (κ1) is 21.2. The van der Waals surface area contributed by atoms with Gasteiger partial charge in [-0.3, -0.25) is 4.79 Å². The van der Waals surface area contributed by atoms with Crippen LogP contribution < -0.4 is 10.6 Å². The van der Waals surface area contributed by atoms with Gasteiger partial charge < -0.3 is 10.6 Å². The van der Waals surface area contributed by atoms with Gasteiger partial charge in [-0.1, -0.05) is 55.8 Å². The number of anilines is 3. The summed E-state index contributed by atoms with van der Waals surface area (Å²) in [5.74, 6) is 1.22. The van der Waals surface area contributed by atoms with Crippen LogP contribution in [0.1, 0.15) is 35.7 Å². The summed E-state index contributed by atoms with van der Waals surface area (Å²) in [5.41, 5.74) is 4.49. The third-order valence-corrected chi connectivity index (χ3v) is 5.14. The number of carbonyl (C=O) groups excluding carboxylic acids is 1. The average Bonchev–Trinajstić information content (AvgIpc) is 2.85. The summed E-state index contributed by atoms with van der Waals surface area (Å²) in [4.78, 5) is 21.5. The molecule has 0 fully saturated rings. The number of amides is 1. The van der Waals surface area contributed by atoms with Crippen molar-refractivity contribution in [1.82, 2.24) is 9.97 Å². The molecule has 0 aliphatic rings. The molecule has 4 rings (SSSR count). The predicted octanol–water partition coefficient (Wildman–Crippen LogP) is 6.48. The van der Waals surface area contributed by atoms with Crippen LogP contribution in [-0.4, -0.2) is 15.9 Å². The van der Waals surface area contributed by atoms with Crippen molar-refractivity contribution in [3.8, 4) is 11.4 Å². The molecule has 1 amide bonds. The molecule has 3 aromatic carbocycles. The van der Waals surface area contributed by atoms with E-state index in [2.05, 4.69) is 39.7 Å². The van der Waals surface area contributed by atoms with Gasteiger partial charge in [-0.05, 0) is 60.9 Å². The van der Waals surface area contributed by atoms with Crippen molar-refractivity contribution < 1.29 is 4.79 Å². The van der Waals surface area contributed by atoms with Crippen molar-refractivity contribution in [3.63, 3.8) is 0 Å². The highest BCUT2D eigenvalue weighted by molar-refractivity contribution is 6.04. The Balaban J connectivity index is 1.38. The largest absolute Gasteiger partial charge is 0.340 e. The van der Waals surface area contributed by atoms with Crippen molar-refractivity contribution in [2.24, 2.45) is 0 Å². The molecule has 5 nitrogen and oxygen atoms in total. The van der Waals surface area contributed by atoms with Gasteiger partial charge in [0, 0.05) is 28.7 Å². The van der Waals surface area contributed by atoms with E-state index in [4.69, 9.17) is 0 Å². The van der Waals surface area contributed by atoms with Crippen molar-refractivity contribution >= 4 is 23.1 Å². The minimum absolute atomic E-state index is 0.133. The van der Waals surface area contributed by atoms with E-state index < -0.39 is 0 Å². The minimum atomic E-state index is -0.133. The van der Waals surface area contributed by atoms with Crippen LogP contribution in [0.3, 0.4) is 0 Å². The molecular weight excluding hydrogens is 396 g/mol. The van der Waals surface area contributed by atoms with Gasteiger partial charge in [0.15, 0.2) is 5.82 Å². The Labute approximate surface area is 188 Å². The topological polar surface area (TPSA) is 66.9 Å². The lowest BCUT2D eigenvalue weighted by atomic mass is 10.1. The van der Waals surface area contributed by atoms with E-state index in [0.717, 1.165) is 23.4 Å². The molecule has 0 aliphatic carbocycles. The second-order valence-corrected chi connectivity index (χ2v) is 7.59. The van der Waals surface area contributed by atoms with E-state index in [1.165, 1.54) is 18.4 Å². The highest BCUT2D eigenvalue weighted by Gasteiger charge is 2.07. The molecule has 2 N–H and O–H groups in total. The van der Waals surface area contributed by atoms with E-state index >= 15 is 0 Å². The monoisotopic (exact) mass is 422 g/mol. The first-order chi connectivity index (χ1) is 15.7. The zero-order valence-corrected chi connectivity index (χ0v) is 18.1. The first-order valence-corrected chi connectivity index (χ1v) is 10.9. The summed E-state index contributed by atoms with van der Waals surface area (Å²) in [6.45, 7) is 2.19. The van der Waals surface area contributed by atoms with Crippen molar-refractivity contribution in [2.75, 3.05) is 10.6 Å². The third kappa shape index (κ3) is 5.58. The van der Waals surface area contributed by atoms with Crippen LogP contribution in [0.25, 0.3) is 11.4 Å². The molecule has 4 aromatic rings. The summed E-state index contributed by atoms with van der Waals surface area (Å²) in [7, 11) is 0. The van der Waals surface area contributed by atoms with Crippen LogP contribution in [0.4, 0.5) is 17.2 Å². The number of carbonyl (C=O) groups is 1. The molecule has 5 heteroatoms. The van der Waals surface area contributed by atoms with Gasteiger partial charge in [-0.2, -0.15) is 0 Å². The highest BCUT2D eigenvalue weighted by atomic mass is 16.1. The van der Waals surface area contributed by atoms with Gasteiger partial charge >= 0.3 is 0 Å². The van der Waals surface area contributed by atoms with Crippen LogP contribution in [0.15, 0.2) is 91.1 Å². The lowest BCUT2D eigenvalue weighted by molar-refractivity contribution is 0.102. The fourth-order valence-corrected chi connectivity index (χ4v) is 3.35. The Morgan fingerprint density at radius 3 is 2.28 bits per heavy atom. The van der Waals surface area contributed by atoms with Crippen molar-refractivity contribution in [3.05, 3.63) is 102 Å². The molecule has 0 spiro atoms. The van der Waals surface area contributed by atoms with Crippen LogP contribution in [0.5, 0.6) is 0 Å². The molecule has 0 saturated carbocycles. The quantitative estimate of drug-likeness (QED) is 0.341. The Morgan fingerprint density at radius 2 is 1.56 bits per heavy atom. The maximum absolute atomic E-state index is 12.6. The average molecular weight is 423 g/mol. The molecule has 1 heterocycles. The molecule has 32 heavy (non-hydrogen) atoms. The molecule has 0 radical (unpaired) electrons. The molecule has 0 saturated heterocycles. The number of nitrogens with zero attached hydrogens (tertiary/aromatic N) is 2. The lowest BCUT2D eigenvalue weighted by Crippen LogP contribution is -2.11. The van der Waals surface area contributed by atoms with Gasteiger partial charge in [0.2, 0.25) is 0 Å². The standard InChI is InChI=1S/C27H26N4O/c1-2-3-7-20-10-14-24(15-11-20)30-27(32)22-12-16-23(17-13-22)29-25-18-19-28-26(31-25)21-8-5-4-6-9-21/h4-6,8-19H,2-3,7H2,1H3,(H,30,32)(H,28,29,31). The molecule has 0 unspecified atom stereocenters. The van der Waals surface area contributed by atoms with Crippen LogP contribution >= 0.6 is 0 Å². The molecule has 0 atom stereocenters. The number of nitrogens with one attached hydrogen (secondary N) is 2. The Bertz CT molecular complexity index is 1160. The molecule has 1 aromatic heterocycles. The number of unbranched alkanes of at least 4 members (excludes halogenated alkanes) is 1. The van der Waals surface area contributed by atoms with E-state index in [0.29, 0.717) is 17.2 Å². The number of hydrogen-bond donors (Lipinski definition) is 2. The van der Waals surface area contributed by atoms with E-state index in [9.17, 15) is 4.79 Å². The maximum Gasteiger partial charge on any atom is 0.255 e. The summed E-state index contributed by atoms with van der Waals surface area (Å²) >= 11 is 0. The predicted molar refractivity (Wildman–Crippen MR) is 130 cm³/mol. The Hall–Kier alpha value is -3.99. The van der Waals surface area contributed by atoms with Crippen LogP contribution in [-0.2, 0) is 6.42 Å². The number of aromatic nitrogens is 2. The van der Waals surface area contributed by atoms with Gasteiger partial charge in [0.25, 0.3) is 5.91 Å².